The summed E-state index contributed by atoms with van der Waals surface area (Å²) >= 11 is 1.85. The number of hydrogen-bond acceptors (Lipinski definition) is 4. The molecule has 1 aliphatic heterocycles. The maximum absolute atomic E-state index is 4.54. The molecule has 2 heterocycles. The fourth-order valence-electron chi connectivity index (χ4n) is 2.20. The molecule has 2 unspecified atom stereocenters. The van der Waals surface area contributed by atoms with E-state index in [1.165, 1.54) is 29.3 Å². The van der Waals surface area contributed by atoms with E-state index in [0.717, 1.165) is 6.42 Å². The molecule has 0 aromatic carbocycles. The van der Waals surface area contributed by atoms with Crippen LogP contribution in [-0.4, -0.2) is 36.6 Å². The average Bonchev–Trinajstić information content (AvgIpc) is 2.89. The first-order chi connectivity index (χ1) is 7.70. The maximum atomic E-state index is 4.54. The molecule has 90 valence electrons. The van der Waals surface area contributed by atoms with Gasteiger partial charge in [0.05, 0.1) is 5.01 Å². The van der Waals surface area contributed by atoms with Crippen molar-refractivity contribution in [3.8, 4) is 0 Å². The largest absolute Gasteiger partial charge is 0.312 e. The number of likely N-dealkylation sites (N-methyl/N-ethyl adjacent to an activating group) is 1. The third kappa shape index (κ3) is 2.62. The minimum atomic E-state index is 0.424. The van der Waals surface area contributed by atoms with E-state index < -0.39 is 0 Å². The lowest BCUT2D eigenvalue weighted by molar-refractivity contribution is 0.309. The molecule has 1 aromatic rings. The molecule has 4 heteroatoms. The fraction of sp³-hybridized carbons (Fsp3) is 0.750. The van der Waals surface area contributed by atoms with E-state index in [4.69, 9.17) is 0 Å². The number of nitrogens with zero attached hydrogens (tertiary/aromatic N) is 2. The van der Waals surface area contributed by atoms with Crippen molar-refractivity contribution in [3.63, 3.8) is 0 Å². The average molecular weight is 239 g/mol. The van der Waals surface area contributed by atoms with Gasteiger partial charge in [0.25, 0.3) is 0 Å². The van der Waals surface area contributed by atoms with Crippen molar-refractivity contribution < 1.29 is 0 Å². The molecule has 1 aromatic heterocycles. The van der Waals surface area contributed by atoms with Gasteiger partial charge >= 0.3 is 0 Å². The van der Waals surface area contributed by atoms with Gasteiger partial charge in [-0.1, -0.05) is 0 Å². The van der Waals surface area contributed by atoms with E-state index in [0.29, 0.717) is 12.1 Å². The van der Waals surface area contributed by atoms with Gasteiger partial charge in [0.15, 0.2) is 0 Å². The number of aromatic nitrogens is 1. The molecule has 0 amide bonds. The van der Waals surface area contributed by atoms with Gasteiger partial charge in [0.2, 0.25) is 0 Å². The number of thiazole rings is 1. The Hall–Kier alpha value is -0.450. The van der Waals surface area contributed by atoms with Crippen LogP contribution in [-0.2, 0) is 6.42 Å². The van der Waals surface area contributed by atoms with Crippen LogP contribution in [0.15, 0.2) is 6.20 Å². The molecular formula is C12H21N3S. The summed E-state index contributed by atoms with van der Waals surface area (Å²) in [6, 6.07) is 1.14. The van der Waals surface area contributed by atoms with Gasteiger partial charge in [-0.25, -0.2) is 4.98 Å². The molecule has 16 heavy (non-hydrogen) atoms. The van der Waals surface area contributed by atoms with E-state index in [9.17, 15) is 0 Å². The van der Waals surface area contributed by atoms with Crippen LogP contribution in [0.4, 0.5) is 0 Å². The summed E-state index contributed by atoms with van der Waals surface area (Å²) in [4.78, 5) is 8.34. The molecule has 1 aliphatic rings. The first kappa shape index (κ1) is 12.0. The lowest BCUT2D eigenvalue weighted by Gasteiger charge is -2.17. The standard InChI is InChI=1S/C12H21N3S/c1-9(13-2)11-8-14-12(16-11)7-10-5-4-6-15(10)3/h8-10,13H,4-7H2,1-3H3. The Morgan fingerprint density at radius 1 is 1.69 bits per heavy atom. The van der Waals surface area contributed by atoms with Crippen LogP contribution in [0.1, 0.15) is 35.7 Å². The molecule has 1 fully saturated rings. The highest BCUT2D eigenvalue weighted by Crippen LogP contribution is 2.24. The van der Waals surface area contributed by atoms with Gasteiger partial charge in [-0.3, -0.25) is 0 Å². The van der Waals surface area contributed by atoms with Gasteiger partial charge in [0.1, 0.15) is 0 Å². The summed E-state index contributed by atoms with van der Waals surface area (Å²) in [7, 11) is 4.22. The van der Waals surface area contributed by atoms with Crippen LogP contribution in [0.2, 0.25) is 0 Å². The van der Waals surface area contributed by atoms with Crippen LogP contribution in [0.5, 0.6) is 0 Å². The minimum Gasteiger partial charge on any atom is -0.312 e. The molecule has 0 saturated carbocycles. The van der Waals surface area contributed by atoms with Crippen molar-refractivity contribution in [2.45, 2.75) is 38.3 Å². The lowest BCUT2D eigenvalue weighted by atomic mass is 10.1. The summed E-state index contributed by atoms with van der Waals surface area (Å²) < 4.78 is 0. The summed E-state index contributed by atoms with van der Waals surface area (Å²) in [6.45, 7) is 3.43. The second kappa shape index (κ2) is 5.25. The van der Waals surface area contributed by atoms with Gasteiger partial charge < -0.3 is 10.2 Å². The predicted octanol–water partition coefficient (Wildman–Crippen LogP) is 2.06. The molecule has 0 aliphatic carbocycles. The molecule has 1 N–H and O–H groups in total. The predicted molar refractivity (Wildman–Crippen MR) is 68.9 cm³/mol. The first-order valence-corrected chi connectivity index (χ1v) is 6.84. The van der Waals surface area contributed by atoms with Gasteiger partial charge in [0, 0.05) is 29.6 Å². The normalized spacial score (nSPS) is 23.8. The van der Waals surface area contributed by atoms with Crippen LogP contribution >= 0.6 is 11.3 Å². The van der Waals surface area contributed by atoms with E-state index in [1.807, 2.05) is 24.6 Å². The highest BCUT2D eigenvalue weighted by Gasteiger charge is 2.22. The summed E-state index contributed by atoms with van der Waals surface area (Å²) in [5, 5.41) is 4.54. The van der Waals surface area contributed by atoms with Crippen molar-refractivity contribution in [1.29, 1.82) is 0 Å². The van der Waals surface area contributed by atoms with Gasteiger partial charge in [-0.15, -0.1) is 11.3 Å². The SMILES string of the molecule is CNC(C)c1cnc(CC2CCCN2C)s1. The number of hydrogen-bond donors (Lipinski definition) is 1. The summed E-state index contributed by atoms with van der Waals surface area (Å²) in [5.74, 6) is 0. The van der Waals surface area contributed by atoms with Crippen molar-refractivity contribution in [2.75, 3.05) is 20.6 Å². The smallest absolute Gasteiger partial charge is 0.0943 e. The third-order valence-electron chi connectivity index (χ3n) is 3.51. The van der Waals surface area contributed by atoms with Gasteiger partial charge in [-0.05, 0) is 40.4 Å². The van der Waals surface area contributed by atoms with E-state index >= 15 is 0 Å². The highest BCUT2D eigenvalue weighted by molar-refractivity contribution is 7.11. The van der Waals surface area contributed by atoms with Crippen LogP contribution < -0.4 is 5.32 Å². The Morgan fingerprint density at radius 2 is 2.50 bits per heavy atom. The van der Waals surface area contributed by atoms with E-state index in [-0.39, 0.29) is 0 Å². The number of rotatable bonds is 4. The maximum Gasteiger partial charge on any atom is 0.0943 e. The molecule has 2 rings (SSSR count). The molecule has 0 spiro atoms. The van der Waals surface area contributed by atoms with Crippen LogP contribution in [0.3, 0.4) is 0 Å². The zero-order chi connectivity index (χ0) is 11.5. The van der Waals surface area contributed by atoms with Crippen molar-refractivity contribution in [3.05, 3.63) is 16.1 Å². The first-order valence-electron chi connectivity index (χ1n) is 6.03. The Bertz CT molecular complexity index is 337. The van der Waals surface area contributed by atoms with Crippen molar-refractivity contribution in [2.24, 2.45) is 0 Å². The Balaban J connectivity index is 1.97. The van der Waals surface area contributed by atoms with E-state index in [2.05, 4.69) is 29.2 Å². The fourth-order valence-corrected chi connectivity index (χ4v) is 3.25. The zero-order valence-electron chi connectivity index (χ0n) is 10.4. The summed E-state index contributed by atoms with van der Waals surface area (Å²) in [6.07, 6.45) is 5.81. The lowest BCUT2D eigenvalue weighted by Crippen LogP contribution is -2.26. The monoisotopic (exact) mass is 239 g/mol. The second-order valence-corrected chi connectivity index (χ2v) is 5.79. The van der Waals surface area contributed by atoms with Crippen molar-refractivity contribution in [1.82, 2.24) is 15.2 Å². The van der Waals surface area contributed by atoms with Crippen LogP contribution in [0.25, 0.3) is 0 Å². The Labute approximate surface area is 102 Å². The van der Waals surface area contributed by atoms with E-state index in [1.54, 1.807) is 0 Å². The molecule has 0 bridgehead atoms. The topological polar surface area (TPSA) is 28.2 Å². The second-order valence-electron chi connectivity index (χ2n) is 4.65. The number of nitrogens with one attached hydrogen (secondary N) is 1. The molecule has 2 atom stereocenters. The van der Waals surface area contributed by atoms with Gasteiger partial charge in [-0.2, -0.15) is 0 Å². The molecule has 1 saturated heterocycles. The third-order valence-corrected chi connectivity index (χ3v) is 4.72. The number of likely N-dealkylation sites (tertiary alicyclic amines) is 1. The zero-order valence-corrected chi connectivity index (χ0v) is 11.2. The Morgan fingerprint density at radius 3 is 3.12 bits per heavy atom. The Kier molecular flexibility index (Phi) is 3.95. The minimum absolute atomic E-state index is 0.424. The highest BCUT2D eigenvalue weighted by atomic mass is 32.1. The molecule has 0 radical (unpaired) electrons. The van der Waals surface area contributed by atoms with Crippen molar-refractivity contribution >= 4 is 11.3 Å². The molecular weight excluding hydrogens is 218 g/mol. The molecule has 3 nitrogen and oxygen atoms in total. The summed E-state index contributed by atoms with van der Waals surface area (Å²) in [5.41, 5.74) is 0. The van der Waals surface area contributed by atoms with Crippen LogP contribution in [0, 0.1) is 0 Å². The quantitative estimate of drug-likeness (QED) is 0.872.